The average molecular weight is 378 g/mol. The molecule has 2 aromatic rings. The fourth-order valence-electron chi connectivity index (χ4n) is 3.19. The second-order valence-corrected chi connectivity index (χ2v) is 6.88. The summed E-state index contributed by atoms with van der Waals surface area (Å²) in [5.74, 6) is 0.348. The van der Waals surface area contributed by atoms with Crippen LogP contribution in [0.3, 0.4) is 0 Å². The van der Waals surface area contributed by atoms with Gasteiger partial charge in [0, 0.05) is 38.4 Å². The number of nitrogens with zero attached hydrogens (tertiary/aromatic N) is 3. The van der Waals surface area contributed by atoms with E-state index in [0.717, 1.165) is 45.0 Å². The Morgan fingerprint density at radius 1 is 1.04 bits per heavy atom. The Morgan fingerprint density at radius 3 is 2.29 bits per heavy atom. The molecule has 28 heavy (non-hydrogen) atoms. The van der Waals surface area contributed by atoms with Crippen LogP contribution < -0.4 is 10.1 Å². The molecule has 6 nitrogen and oxygen atoms in total. The standard InChI is InChI=1S/C22H26N4O2/c1-2-25-11-13-26(14-12-25)16-19-3-7-20(8-4-19)24-22(27)17-28-21-9-5-18(15-23)6-10-21/h3-10H,2,11-14,16-17H2,1H3,(H,24,27). The summed E-state index contributed by atoms with van der Waals surface area (Å²) in [4.78, 5) is 17.0. The van der Waals surface area contributed by atoms with Crippen LogP contribution in [0, 0.1) is 11.3 Å². The number of carbonyl (C=O) groups excluding carboxylic acids is 1. The van der Waals surface area contributed by atoms with E-state index in [1.54, 1.807) is 24.3 Å². The molecule has 1 heterocycles. The Bertz CT molecular complexity index is 804. The Labute approximate surface area is 166 Å². The number of benzene rings is 2. The molecule has 0 radical (unpaired) electrons. The maximum Gasteiger partial charge on any atom is 0.262 e. The van der Waals surface area contributed by atoms with Crippen LogP contribution >= 0.6 is 0 Å². The first kappa shape index (κ1) is 19.9. The smallest absolute Gasteiger partial charge is 0.262 e. The van der Waals surface area contributed by atoms with Crippen molar-refractivity contribution < 1.29 is 9.53 Å². The number of hydrogen-bond donors (Lipinski definition) is 1. The highest BCUT2D eigenvalue weighted by Crippen LogP contribution is 2.14. The minimum atomic E-state index is -0.215. The highest BCUT2D eigenvalue weighted by molar-refractivity contribution is 5.91. The first-order chi connectivity index (χ1) is 13.7. The van der Waals surface area contributed by atoms with E-state index in [-0.39, 0.29) is 12.5 Å². The number of amides is 1. The molecule has 146 valence electrons. The zero-order chi connectivity index (χ0) is 19.8. The highest BCUT2D eigenvalue weighted by atomic mass is 16.5. The lowest BCUT2D eigenvalue weighted by Gasteiger charge is -2.34. The summed E-state index contributed by atoms with van der Waals surface area (Å²) < 4.78 is 5.45. The second kappa shape index (κ2) is 9.88. The monoisotopic (exact) mass is 378 g/mol. The molecule has 0 aromatic heterocycles. The van der Waals surface area contributed by atoms with E-state index in [1.165, 1.54) is 5.56 Å². The lowest BCUT2D eigenvalue weighted by Crippen LogP contribution is -2.45. The molecule has 1 aliphatic rings. The largest absolute Gasteiger partial charge is 0.484 e. The summed E-state index contributed by atoms with van der Waals surface area (Å²) in [7, 11) is 0. The van der Waals surface area contributed by atoms with Gasteiger partial charge in [-0.05, 0) is 48.5 Å². The van der Waals surface area contributed by atoms with Gasteiger partial charge in [0.15, 0.2) is 6.61 Å². The molecule has 0 saturated carbocycles. The number of rotatable bonds is 7. The highest BCUT2D eigenvalue weighted by Gasteiger charge is 2.15. The number of ether oxygens (including phenoxy) is 1. The van der Waals surface area contributed by atoms with E-state index in [9.17, 15) is 4.79 Å². The summed E-state index contributed by atoms with van der Waals surface area (Å²) in [5, 5.41) is 11.6. The maximum absolute atomic E-state index is 12.1. The average Bonchev–Trinajstić information content (AvgIpc) is 2.74. The van der Waals surface area contributed by atoms with Gasteiger partial charge in [0.05, 0.1) is 11.6 Å². The van der Waals surface area contributed by atoms with E-state index in [0.29, 0.717) is 11.3 Å². The van der Waals surface area contributed by atoms with Gasteiger partial charge in [-0.15, -0.1) is 0 Å². The molecule has 1 fully saturated rings. The molecule has 1 N–H and O–H groups in total. The van der Waals surface area contributed by atoms with Crippen molar-refractivity contribution in [2.75, 3.05) is 44.6 Å². The topological polar surface area (TPSA) is 68.6 Å². The summed E-state index contributed by atoms with van der Waals surface area (Å²) in [5.41, 5.74) is 2.56. The SMILES string of the molecule is CCN1CCN(Cc2ccc(NC(=O)COc3ccc(C#N)cc3)cc2)CC1. The number of likely N-dealkylation sites (N-methyl/N-ethyl adjacent to an activating group) is 1. The van der Waals surface area contributed by atoms with Gasteiger partial charge < -0.3 is 15.0 Å². The van der Waals surface area contributed by atoms with Crippen LogP contribution in [-0.2, 0) is 11.3 Å². The molecule has 0 unspecified atom stereocenters. The van der Waals surface area contributed by atoms with Gasteiger partial charge >= 0.3 is 0 Å². The van der Waals surface area contributed by atoms with Crippen molar-refractivity contribution in [3.63, 3.8) is 0 Å². The maximum atomic E-state index is 12.1. The summed E-state index contributed by atoms with van der Waals surface area (Å²) in [6.07, 6.45) is 0. The van der Waals surface area contributed by atoms with Crippen molar-refractivity contribution in [1.82, 2.24) is 9.80 Å². The van der Waals surface area contributed by atoms with E-state index in [4.69, 9.17) is 10.00 Å². The van der Waals surface area contributed by atoms with Crippen LogP contribution in [0.5, 0.6) is 5.75 Å². The molecule has 1 aliphatic heterocycles. The number of carbonyl (C=O) groups is 1. The van der Waals surface area contributed by atoms with E-state index in [2.05, 4.69) is 34.2 Å². The minimum Gasteiger partial charge on any atom is -0.484 e. The van der Waals surface area contributed by atoms with Gasteiger partial charge in [0.1, 0.15) is 5.75 Å². The molecular formula is C22H26N4O2. The fraction of sp³-hybridized carbons (Fsp3) is 0.364. The van der Waals surface area contributed by atoms with Gasteiger partial charge in [0.25, 0.3) is 5.91 Å². The van der Waals surface area contributed by atoms with Crippen molar-refractivity contribution in [2.45, 2.75) is 13.5 Å². The lowest BCUT2D eigenvalue weighted by molar-refractivity contribution is -0.118. The Kier molecular flexibility index (Phi) is 7.01. The molecule has 6 heteroatoms. The van der Waals surface area contributed by atoms with E-state index in [1.807, 2.05) is 18.2 Å². The quantitative estimate of drug-likeness (QED) is 0.802. The third kappa shape index (κ3) is 5.81. The molecule has 3 rings (SSSR count). The predicted octanol–water partition coefficient (Wildman–Crippen LogP) is 2.71. The number of piperazine rings is 1. The molecule has 0 aliphatic carbocycles. The zero-order valence-electron chi connectivity index (χ0n) is 16.2. The number of anilines is 1. The summed E-state index contributed by atoms with van der Waals surface area (Å²) in [6.45, 7) is 8.64. The normalized spacial score (nSPS) is 15.0. The van der Waals surface area contributed by atoms with Gasteiger partial charge in [-0.25, -0.2) is 0 Å². The molecule has 1 amide bonds. The van der Waals surface area contributed by atoms with Crippen LogP contribution in [0.25, 0.3) is 0 Å². The minimum absolute atomic E-state index is 0.0740. The first-order valence-corrected chi connectivity index (χ1v) is 9.62. The van der Waals surface area contributed by atoms with Crippen molar-refractivity contribution in [3.05, 3.63) is 59.7 Å². The van der Waals surface area contributed by atoms with Crippen molar-refractivity contribution in [2.24, 2.45) is 0 Å². The van der Waals surface area contributed by atoms with Crippen LogP contribution in [0.1, 0.15) is 18.1 Å². The van der Waals surface area contributed by atoms with Crippen LogP contribution in [0.2, 0.25) is 0 Å². The molecule has 2 aromatic carbocycles. The summed E-state index contributed by atoms with van der Waals surface area (Å²) in [6, 6.07) is 16.7. The second-order valence-electron chi connectivity index (χ2n) is 6.88. The van der Waals surface area contributed by atoms with Crippen molar-refractivity contribution in [1.29, 1.82) is 5.26 Å². The molecule has 0 bridgehead atoms. The predicted molar refractivity (Wildman–Crippen MR) is 109 cm³/mol. The molecule has 0 spiro atoms. The zero-order valence-corrected chi connectivity index (χ0v) is 16.2. The van der Waals surface area contributed by atoms with Crippen LogP contribution in [-0.4, -0.2) is 55.0 Å². The van der Waals surface area contributed by atoms with Gasteiger partial charge in [0.2, 0.25) is 0 Å². The number of hydrogen-bond acceptors (Lipinski definition) is 5. The number of nitrogens with one attached hydrogen (secondary N) is 1. The first-order valence-electron chi connectivity index (χ1n) is 9.62. The van der Waals surface area contributed by atoms with Crippen molar-refractivity contribution >= 4 is 11.6 Å². The van der Waals surface area contributed by atoms with Crippen molar-refractivity contribution in [3.8, 4) is 11.8 Å². The van der Waals surface area contributed by atoms with Gasteiger partial charge in [-0.2, -0.15) is 5.26 Å². The number of nitriles is 1. The van der Waals surface area contributed by atoms with Crippen LogP contribution in [0.4, 0.5) is 5.69 Å². The molecule has 1 saturated heterocycles. The Hall–Kier alpha value is -2.88. The van der Waals surface area contributed by atoms with E-state index >= 15 is 0 Å². The van der Waals surface area contributed by atoms with Gasteiger partial charge in [-0.1, -0.05) is 19.1 Å². The molecule has 0 atom stereocenters. The van der Waals surface area contributed by atoms with Gasteiger partial charge in [-0.3, -0.25) is 9.69 Å². The fourth-order valence-corrected chi connectivity index (χ4v) is 3.19. The Balaban J connectivity index is 1.43. The third-order valence-corrected chi connectivity index (χ3v) is 4.91. The third-order valence-electron chi connectivity index (χ3n) is 4.91. The van der Waals surface area contributed by atoms with E-state index < -0.39 is 0 Å². The molecular weight excluding hydrogens is 352 g/mol. The van der Waals surface area contributed by atoms with Crippen LogP contribution in [0.15, 0.2) is 48.5 Å². The Morgan fingerprint density at radius 2 is 1.68 bits per heavy atom. The summed E-state index contributed by atoms with van der Waals surface area (Å²) >= 11 is 0. The lowest BCUT2D eigenvalue weighted by atomic mass is 10.1.